The number of nitrogens with one attached hydrogen (secondary N) is 2. The van der Waals surface area contributed by atoms with Crippen LogP contribution in [0.15, 0.2) is 54.9 Å². The highest BCUT2D eigenvalue weighted by Gasteiger charge is 2.30. The van der Waals surface area contributed by atoms with E-state index in [0.29, 0.717) is 11.7 Å². The van der Waals surface area contributed by atoms with Crippen LogP contribution in [0.5, 0.6) is 0 Å². The maximum absolute atomic E-state index is 12.3. The Balaban J connectivity index is 1.05. The Morgan fingerprint density at radius 1 is 1.07 bits per heavy atom. The zero-order chi connectivity index (χ0) is 20.3. The molecule has 2 fully saturated rings. The summed E-state index contributed by atoms with van der Waals surface area (Å²) in [6, 6.07) is 15.0. The fourth-order valence-corrected chi connectivity index (χ4v) is 3.62. The second kappa shape index (κ2) is 8.23. The Hall–Kier alpha value is -3.26. The molecule has 1 amide bonds. The molecule has 3 heterocycles. The summed E-state index contributed by atoms with van der Waals surface area (Å²) in [5.74, 6) is 0.734. The number of benzene rings is 1. The van der Waals surface area contributed by atoms with Crippen molar-refractivity contribution in [1.82, 2.24) is 30.2 Å². The maximum atomic E-state index is 12.3. The summed E-state index contributed by atoms with van der Waals surface area (Å²) < 4.78 is 1.80. The number of likely N-dealkylation sites (tertiary alicyclic amines) is 1. The van der Waals surface area contributed by atoms with Gasteiger partial charge in [0.15, 0.2) is 5.69 Å². The van der Waals surface area contributed by atoms with Gasteiger partial charge in [0.1, 0.15) is 5.82 Å². The second-order valence-corrected chi connectivity index (χ2v) is 8.07. The molecule has 3 aromatic rings. The molecule has 1 aliphatic carbocycles. The molecule has 2 aromatic heterocycles. The minimum Gasteiger partial charge on any atom is -0.366 e. The summed E-state index contributed by atoms with van der Waals surface area (Å²) in [6.45, 7) is 3.25. The third-order valence-corrected chi connectivity index (χ3v) is 5.50. The molecular formula is C22H25N7O. The zero-order valence-corrected chi connectivity index (χ0v) is 16.7. The highest BCUT2D eigenvalue weighted by molar-refractivity contribution is 5.92. The molecule has 0 atom stereocenters. The smallest absolute Gasteiger partial charge is 0.273 e. The normalized spacial score (nSPS) is 16.8. The Morgan fingerprint density at radius 2 is 1.90 bits per heavy atom. The van der Waals surface area contributed by atoms with Crippen LogP contribution in [0.1, 0.15) is 40.5 Å². The van der Waals surface area contributed by atoms with E-state index in [1.165, 1.54) is 5.56 Å². The SMILES string of the molecule is O=C(NC1CN(Cc2ccc(NCc3ccccc3)nc2)C1)c1cn(C2CC2)nn1. The topological polar surface area (TPSA) is 88.0 Å². The van der Waals surface area contributed by atoms with E-state index in [0.717, 1.165) is 50.4 Å². The minimum atomic E-state index is -0.137. The lowest BCUT2D eigenvalue weighted by atomic mass is 10.1. The van der Waals surface area contributed by atoms with Crippen LogP contribution in [-0.2, 0) is 13.1 Å². The van der Waals surface area contributed by atoms with Crippen LogP contribution in [0.2, 0.25) is 0 Å². The molecule has 5 rings (SSSR count). The maximum Gasteiger partial charge on any atom is 0.273 e. The van der Waals surface area contributed by atoms with Gasteiger partial charge in [-0.25, -0.2) is 9.67 Å². The van der Waals surface area contributed by atoms with E-state index in [-0.39, 0.29) is 11.9 Å². The molecule has 30 heavy (non-hydrogen) atoms. The second-order valence-electron chi connectivity index (χ2n) is 8.07. The first-order chi connectivity index (χ1) is 14.7. The van der Waals surface area contributed by atoms with Crippen molar-refractivity contribution in [3.05, 3.63) is 71.7 Å². The highest BCUT2D eigenvalue weighted by Crippen LogP contribution is 2.33. The predicted octanol–water partition coefficient (Wildman–Crippen LogP) is 2.23. The monoisotopic (exact) mass is 403 g/mol. The van der Waals surface area contributed by atoms with Crippen molar-refractivity contribution in [3.63, 3.8) is 0 Å². The molecule has 0 radical (unpaired) electrons. The third-order valence-electron chi connectivity index (χ3n) is 5.50. The number of anilines is 1. The molecule has 8 nitrogen and oxygen atoms in total. The van der Waals surface area contributed by atoms with Gasteiger partial charge in [0.05, 0.1) is 18.3 Å². The number of pyridine rings is 1. The van der Waals surface area contributed by atoms with Gasteiger partial charge in [-0.15, -0.1) is 5.10 Å². The van der Waals surface area contributed by atoms with Crippen molar-refractivity contribution >= 4 is 11.7 Å². The van der Waals surface area contributed by atoms with E-state index in [1.807, 2.05) is 30.5 Å². The van der Waals surface area contributed by atoms with Crippen molar-refractivity contribution in [1.29, 1.82) is 0 Å². The first-order valence-electron chi connectivity index (χ1n) is 10.4. The van der Waals surface area contributed by atoms with Crippen LogP contribution in [0.3, 0.4) is 0 Å². The van der Waals surface area contributed by atoms with Gasteiger partial charge in [-0.2, -0.15) is 0 Å². The molecule has 154 valence electrons. The molecule has 1 saturated carbocycles. The number of carbonyl (C=O) groups excluding carboxylic acids is 1. The number of hydrogen-bond donors (Lipinski definition) is 2. The molecule has 1 aliphatic heterocycles. The standard InChI is InChI=1S/C22H25N7O/c30-22(20-15-29(27-26-20)19-7-8-19)25-18-13-28(14-18)12-17-6-9-21(24-11-17)23-10-16-4-2-1-3-5-16/h1-6,9,11,15,18-19H,7-8,10,12-14H2,(H,23,24)(H,25,30). The van der Waals surface area contributed by atoms with Crippen molar-refractivity contribution in [2.75, 3.05) is 18.4 Å². The van der Waals surface area contributed by atoms with E-state index >= 15 is 0 Å². The van der Waals surface area contributed by atoms with E-state index in [2.05, 4.69) is 49.0 Å². The first-order valence-corrected chi connectivity index (χ1v) is 10.4. The average Bonchev–Trinajstić information content (AvgIpc) is 3.48. The van der Waals surface area contributed by atoms with Crippen LogP contribution in [0, 0.1) is 0 Å². The number of carbonyl (C=O) groups is 1. The molecular weight excluding hydrogens is 378 g/mol. The number of amides is 1. The molecule has 2 aliphatic rings. The molecule has 0 unspecified atom stereocenters. The Morgan fingerprint density at radius 3 is 2.63 bits per heavy atom. The van der Waals surface area contributed by atoms with Crippen LogP contribution in [0.4, 0.5) is 5.82 Å². The number of hydrogen-bond acceptors (Lipinski definition) is 6. The van der Waals surface area contributed by atoms with Gasteiger partial charge in [-0.05, 0) is 30.0 Å². The number of nitrogens with zero attached hydrogens (tertiary/aromatic N) is 5. The molecule has 0 spiro atoms. The summed E-state index contributed by atoms with van der Waals surface area (Å²) in [4.78, 5) is 19.1. The lowest BCUT2D eigenvalue weighted by Crippen LogP contribution is -2.58. The summed E-state index contributed by atoms with van der Waals surface area (Å²) in [7, 11) is 0. The molecule has 8 heteroatoms. The van der Waals surface area contributed by atoms with Crippen LogP contribution < -0.4 is 10.6 Å². The van der Waals surface area contributed by atoms with Gasteiger partial charge in [0, 0.05) is 32.4 Å². The van der Waals surface area contributed by atoms with Crippen molar-refractivity contribution in [3.8, 4) is 0 Å². The van der Waals surface area contributed by atoms with Crippen molar-refractivity contribution < 1.29 is 4.79 Å². The molecule has 1 aromatic carbocycles. The fraction of sp³-hybridized carbons (Fsp3) is 0.364. The Labute approximate surface area is 175 Å². The zero-order valence-electron chi connectivity index (χ0n) is 16.7. The lowest BCUT2D eigenvalue weighted by molar-refractivity contribution is 0.0790. The van der Waals surface area contributed by atoms with E-state index in [4.69, 9.17) is 0 Å². The third kappa shape index (κ3) is 4.49. The van der Waals surface area contributed by atoms with E-state index in [1.54, 1.807) is 10.9 Å². The largest absolute Gasteiger partial charge is 0.366 e. The van der Waals surface area contributed by atoms with Gasteiger partial charge in [-0.3, -0.25) is 9.69 Å². The Bertz CT molecular complexity index is 992. The first kappa shape index (κ1) is 18.7. The van der Waals surface area contributed by atoms with Crippen LogP contribution >= 0.6 is 0 Å². The Kier molecular flexibility index (Phi) is 5.15. The highest BCUT2D eigenvalue weighted by atomic mass is 16.2. The summed E-state index contributed by atoms with van der Waals surface area (Å²) in [5.41, 5.74) is 2.80. The van der Waals surface area contributed by atoms with Gasteiger partial charge < -0.3 is 10.6 Å². The molecule has 1 saturated heterocycles. The van der Waals surface area contributed by atoms with Crippen LogP contribution in [0.25, 0.3) is 0 Å². The quantitative estimate of drug-likeness (QED) is 0.600. The van der Waals surface area contributed by atoms with Gasteiger partial charge in [0.2, 0.25) is 0 Å². The van der Waals surface area contributed by atoms with Gasteiger partial charge in [-0.1, -0.05) is 41.6 Å². The predicted molar refractivity (Wildman–Crippen MR) is 113 cm³/mol. The van der Waals surface area contributed by atoms with E-state index in [9.17, 15) is 4.79 Å². The summed E-state index contributed by atoms with van der Waals surface area (Å²) in [6.07, 6.45) is 5.92. The number of aromatic nitrogens is 4. The lowest BCUT2D eigenvalue weighted by Gasteiger charge is -2.39. The van der Waals surface area contributed by atoms with E-state index < -0.39 is 0 Å². The summed E-state index contributed by atoms with van der Waals surface area (Å²) in [5, 5.41) is 14.4. The number of rotatable bonds is 8. The van der Waals surface area contributed by atoms with Crippen molar-refractivity contribution in [2.45, 2.75) is 38.0 Å². The molecule has 0 bridgehead atoms. The van der Waals surface area contributed by atoms with Crippen LogP contribution in [-0.4, -0.2) is 49.9 Å². The average molecular weight is 403 g/mol. The van der Waals surface area contributed by atoms with Gasteiger partial charge in [0.25, 0.3) is 5.91 Å². The minimum absolute atomic E-state index is 0.137. The fourth-order valence-electron chi connectivity index (χ4n) is 3.62. The van der Waals surface area contributed by atoms with Gasteiger partial charge >= 0.3 is 0 Å². The summed E-state index contributed by atoms with van der Waals surface area (Å²) >= 11 is 0. The van der Waals surface area contributed by atoms with Crippen molar-refractivity contribution in [2.24, 2.45) is 0 Å². The molecule has 2 N–H and O–H groups in total.